The summed E-state index contributed by atoms with van der Waals surface area (Å²) in [6.07, 6.45) is 5.66. The van der Waals surface area contributed by atoms with Crippen LogP contribution in [-0.4, -0.2) is 62.2 Å². The van der Waals surface area contributed by atoms with Gasteiger partial charge < -0.3 is 15.1 Å². The van der Waals surface area contributed by atoms with Gasteiger partial charge in [0.25, 0.3) is 0 Å². The first-order valence-electron chi connectivity index (χ1n) is 8.63. The second-order valence-corrected chi connectivity index (χ2v) is 7.73. The molecule has 2 aliphatic heterocycles. The van der Waals surface area contributed by atoms with Crippen molar-refractivity contribution in [3.05, 3.63) is 0 Å². The standard InChI is InChI=1S/C17H35N3/c1-15(18-4)17(2,3)14-20-11-7-16(8-12-20)13-19-9-5-6-10-19/h15-16,18H,5-14H2,1-4H3. The number of nitrogens with one attached hydrogen (secondary N) is 1. The number of rotatable bonds is 6. The average molecular weight is 281 g/mol. The molecular formula is C17H35N3. The van der Waals surface area contributed by atoms with E-state index in [9.17, 15) is 0 Å². The van der Waals surface area contributed by atoms with Gasteiger partial charge in [0.15, 0.2) is 0 Å². The molecule has 118 valence electrons. The summed E-state index contributed by atoms with van der Waals surface area (Å²) in [4.78, 5) is 5.38. The van der Waals surface area contributed by atoms with Crippen LogP contribution in [0.1, 0.15) is 46.5 Å². The van der Waals surface area contributed by atoms with Gasteiger partial charge in [0.05, 0.1) is 0 Å². The maximum atomic E-state index is 3.42. The molecule has 0 saturated carbocycles. The van der Waals surface area contributed by atoms with E-state index in [1.165, 1.54) is 65.0 Å². The van der Waals surface area contributed by atoms with Gasteiger partial charge in [-0.15, -0.1) is 0 Å². The van der Waals surface area contributed by atoms with E-state index in [4.69, 9.17) is 0 Å². The van der Waals surface area contributed by atoms with Crippen LogP contribution in [0, 0.1) is 11.3 Å². The van der Waals surface area contributed by atoms with Crippen LogP contribution in [0.5, 0.6) is 0 Å². The summed E-state index contributed by atoms with van der Waals surface area (Å²) in [5.41, 5.74) is 0.358. The Morgan fingerprint density at radius 1 is 1.05 bits per heavy atom. The van der Waals surface area contributed by atoms with Crippen molar-refractivity contribution in [2.45, 2.75) is 52.5 Å². The van der Waals surface area contributed by atoms with Gasteiger partial charge in [0.1, 0.15) is 0 Å². The molecule has 0 amide bonds. The summed E-state index contributed by atoms with van der Waals surface area (Å²) in [7, 11) is 2.08. The zero-order valence-electron chi connectivity index (χ0n) is 14.1. The van der Waals surface area contributed by atoms with E-state index in [2.05, 4.69) is 42.9 Å². The molecule has 0 aromatic carbocycles. The fraction of sp³-hybridized carbons (Fsp3) is 1.00. The van der Waals surface area contributed by atoms with Crippen molar-refractivity contribution in [1.29, 1.82) is 0 Å². The van der Waals surface area contributed by atoms with Crippen molar-refractivity contribution in [2.75, 3.05) is 46.3 Å². The van der Waals surface area contributed by atoms with Crippen molar-refractivity contribution in [1.82, 2.24) is 15.1 Å². The first-order chi connectivity index (χ1) is 9.51. The van der Waals surface area contributed by atoms with Crippen molar-refractivity contribution in [3.8, 4) is 0 Å². The van der Waals surface area contributed by atoms with Crippen LogP contribution in [0.25, 0.3) is 0 Å². The molecule has 3 heteroatoms. The third-order valence-electron chi connectivity index (χ3n) is 5.66. The Balaban J connectivity index is 1.71. The molecule has 2 rings (SSSR count). The maximum Gasteiger partial charge on any atom is 0.00991 e. The molecule has 2 aliphatic rings. The molecule has 1 N–H and O–H groups in total. The highest BCUT2D eigenvalue weighted by molar-refractivity contribution is 4.85. The fourth-order valence-corrected chi connectivity index (χ4v) is 3.76. The van der Waals surface area contributed by atoms with Gasteiger partial charge in [-0.05, 0) is 77.2 Å². The van der Waals surface area contributed by atoms with Crippen molar-refractivity contribution in [2.24, 2.45) is 11.3 Å². The normalized spacial score (nSPS) is 25.2. The van der Waals surface area contributed by atoms with E-state index < -0.39 is 0 Å². The summed E-state index contributed by atoms with van der Waals surface area (Å²) < 4.78 is 0. The molecule has 0 aliphatic carbocycles. The van der Waals surface area contributed by atoms with Gasteiger partial charge in [-0.2, -0.15) is 0 Å². The number of likely N-dealkylation sites (tertiary alicyclic amines) is 2. The van der Waals surface area contributed by atoms with Gasteiger partial charge in [-0.1, -0.05) is 13.8 Å². The second kappa shape index (κ2) is 7.24. The van der Waals surface area contributed by atoms with E-state index in [0.717, 1.165) is 5.92 Å². The summed E-state index contributed by atoms with van der Waals surface area (Å²) in [6.45, 7) is 15.0. The van der Waals surface area contributed by atoms with E-state index >= 15 is 0 Å². The lowest BCUT2D eigenvalue weighted by Gasteiger charge is -2.40. The van der Waals surface area contributed by atoms with E-state index in [0.29, 0.717) is 11.5 Å². The van der Waals surface area contributed by atoms with Gasteiger partial charge in [0, 0.05) is 19.1 Å². The molecule has 0 bridgehead atoms. The molecule has 3 nitrogen and oxygen atoms in total. The zero-order chi connectivity index (χ0) is 14.6. The maximum absolute atomic E-state index is 3.42. The summed E-state index contributed by atoms with van der Waals surface area (Å²) in [5.74, 6) is 0.953. The lowest BCUT2D eigenvalue weighted by Crippen LogP contribution is -2.48. The minimum absolute atomic E-state index is 0.358. The van der Waals surface area contributed by atoms with Crippen LogP contribution >= 0.6 is 0 Å². The largest absolute Gasteiger partial charge is 0.317 e. The topological polar surface area (TPSA) is 18.5 Å². The molecule has 2 saturated heterocycles. The van der Waals surface area contributed by atoms with Gasteiger partial charge in [-0.25, -0.2) is 0 Å². The van der Waals surface area contributed by atoms with Crippen molar-refractivity contribution in [3.63, 3.8) is 0 Å². The predicted octanol–water partition coefficient (Wildman–Crippen LogP) is 2.43. The molecule has 2 heterocycles. The first-order valence-corrected chi connectivity index (χ1v) is 8.63. The SMILES string of the molecule is CNC(C)C(C)(C)CN1CCC(CN2CCCC2)CC1. The van der Waals surface area contributed by atoms with Crippen LogP contribution in [-0.2, 0) is 0 Å². The third kappa shape index (κ3) is 4.44. The summed E-state index contributed by atoms with van der Waals surface area (Å²) in [5, 5.41) is 3.42. The lowest BCUT2D eigenvalue weighted by atomic mass is 9.84. The molecular weight excluding hydrogens is 246 g/mol. The highest BCUT2D eigenvalue weighted by atomic mass is 15.2. The first kappa shape index (κ1) is 16.3. The van der Waals surface area contributed by atoms with E-state index in [1.807, 2.05) is 0 Å². The highest BCUT2D eigenvalue weighted by Gasteiger charge is 2.30. The van der Waals surface area contributed by atoms with Gasteiger partial charge >= 0.3 is 0 Å². The smallest absolute Gasteiger partial charge is 0.00991 e. The van der Waals surface area contributed by atoms with Crippen molar-refractivity contribution < 1.29 is 0 Å². The Labute approximate surface area is 126 Å². The predicted molar refractivity (Wildman–Crippen MR) is 87.1 cm³/mol. The second-order valence-electron chi connectivity index (χ2n) is 7.73. The molecule has 0 spiro atoms. The van der Waals surface area contributed by atoms with Crippen LogP contribution in [0.2, 0.25) is 0 Å². The Hall–Kier alpha value is -0.120. The molecule has 2 fully saturated rings. The van der Waals surface area contributed by atoms with Crippen LogP contribution < -0.4 is 5.32 Å². The third-order valence-corrected chi connectivity index (χ3v) is 5.66. The minimum atomic E-state index is 0.358. The average Bonchev–Trinajstić information content (AvgIpc) is 2.92. The fourth-order valence-electron chi connectivity index (χ4n) is 3.76. The molecule has 0 aromatic rings. The molecule has 0 aromatic heterocycles. The number of nitrogens with zero attached hydrogens (tertiary/aromatic N) is 2. The van der Waals surface area contributed by atoms with Gasteiger partial charge in [0.2, 0.25) is 0 Å². The summed E-state index contributed by atoms with van der Waals surface area (Å²) in [6, 6.07) is 0.574. The van der Waals surface area contributed by atoms with Crippen LogP contribution in [0.3, 0.4) is 0 Å². The minimum Gasteiger partial charge on any atom is -0.317 e. The number of hydrogen-bond donors (Lipinski definition) is 1. The van der Waals surface area contributed by atoms with Gasteiger partial charge in [-0.3, -0.25) is 0 Å². The van der Waals surface area contributed by atoms with Crippen LogP contribution in [0.4, 0.5) is 0 Å². The Morgan fingerprint density at radius 3 is 2.20 bits per heavy atom. The number of piperidine rings is 1. The molecule has 1 atom stereocenters. The lowest BCUT2D eigenvalue weighted by molar-refractivity contribution is 0.0985. The van der Waals surface area contributed by atoms with E-state index in [-0.39, 0.29) is 0 Å². The Bertz CT molecular complexity index is 276. The summed E-state index contributed by atoms with van der Waals surface area (Å²) >= 11 is 0. The Kier molecular flexibility index (Phi) is 5.88. The van der Waals surface area contributed by atoms with Crippen LogP contribution in [0.15, 0.2) is 0 Å². The number of hydrogen-bond acceptors (Lipinski definition) is 3. The quantitative estimate of drug-likeness (QED) is 0.807. The monoisotopic (exact) mass is 281 g/mol. The molecule has 20 heavy (non-hydrogen) atoms. The molecule has 1 unspecified atom stereocenters. The van der Waals surface area contributed by atoms with Crippen molar-refractivity contribution >= 4 is 0 Å². The highest BCUT2D eigenvalue weighted by Crippen LogP contribution is 2.26. The molecule has 0 radical (unpaired) electrons. The van der Waals surface area contributed by atoms with E-state index in [1.54, 1.807) is 0 Å². The zero-order valence-corrected chi connectivity index (χ0v) is 14.1. The Morgan fingerprint density at radius 2 is 1.65 bits per heavy atom.